The van der Waals surface area contributed by atoms with Crippen LogP contribution < -0.4 is 5.32 Å². The van der Waals surface area contributed by atoms with Crippen molar-refractivity contribution in [3.63, 3.8) is 0 Å². The molecule has 1 aliphatic rings. The van der Waals surface area contributed by atoms with Crippen LogP contribution in [0.4, 0.5) is 0 Å². The van der Waals surface area contributed by atoms with E-state index >= 15 is 0 Å². The first kappa shape index (κ1) is 13.9. The van der Waals surface area contributed by atoms with Gasteiger partial charge >= 0.3 is 0 Å². The zero-order valence-corrected chi connectivity index (χ0v) is 11.6. The van der Waals surface area contributed by atoms with E-state index in [1.165, 1.54) is 25.0 Å². The van der Waals surface area contributed by atoms with Gasteiger partial charge in [-0.05, 0) is 37.0 Å². The fourth-order valence-electron chi connectivity index (χ4n) is 1.91. The van der Waals surface area contributed by atoms with Gasteiger partial charge in [-0.1, -0.05) is 27.2 Å². The molecule has 92 valence electrons. The second-order valence-corrected chi connectivity index (χ2v) is 5.95. The molecule has 1 N–H and O–H groups in total. The molecule has 0 aromatic heterocycles. The number of nitrogens with one attached hydrogen (secondary N) is 1. The molecule has 0 bridgehead atoms. The summed E-state index contributed by atoms with van der Waals surface area (Å²) in [5.74, 6) is 3.49. The van der Waals surface area contributed by atoms with Crippen molar-refractivity contribution in [3.05, 3.63) is 0 Å². The Kier molecular flexibility index (Phi) is 5.64. The number of hydrogen-bond donors (Lipinski definition) is 1. The molecule has 1 rings (SSSR count). The van der Waals surface area contributed by atoms with Crippen molar-refractivity contribution < 1.29 is 0 Å². The fraction of sp³-hybridized carbons (Fsp3) is 0.923. The summed E-state index contributed by atoms with van der Waals surface area (Å²) in [5, 5.41) is 12.8. The Morgan fingerprint density at radius 2 is 2.19 bits per heavy atom. The minimum absolute atomic E-state index is 0.243. The molecule has 0 saturated heterocycles. The third-order valence-electron chi connectivity index (χ3n) is 3.40. The molecule has 2 unspecified atom stereocenters. The molecule has 0 heterocycles. The molecular formula is C13H24N2S. The van der Waals surface area contributed by atoms with Crippen molar-refractivity contribution in [1.82, 2.24) is 5.32 Å². The summed E-state index contributed by atoms with van der Waals surface area (Å²) in [6.07, 6.45) is 3.69. The molecule has 0 aromatic carbocycles. The monoisotopic (exact) mass is 240 g/mol. The molecule has 3 heteroatoms. The van der Waals surface area contributed by atoms with E-state index in [9.17, 15) is 5.26 Å². The Balaban J connectivity index is 2.41. The van der Waals surface area contributed by atoms with Crippen LogP contribution in [0, 0.1) is 23.2 Å². The van der Waals surface area contributed by atoms with Crippen molar-refractivity contribution in [1.29, 1.82) is 5.26 Å². The van der Waals surface area contributed by atoms with E-state index in [0.29, 0.717) is 5.92 Å². The van der Waals surface area contributed by atoms with Gasteiger partial charge in [0.1, 0.15) is 5.54 Å². The van der Waals surface area contributed by atoms with Gasteiger partial charge in [0.2, 0.25) is 0 Å². The Morgan fingerprint density at radius 1 is 1.50 bits per heavy atom. The van der Waals surface area contributed by atoms with Crippen molar-refractivity contribution in [3.8, 4) is 6.07 Å². The van der Waals surface area contributed by atoms with Crippen LogP contribution in [0.25, 0.3) is 0 Å². The van der Waals surface area contributed by atoms with Gasteiger partial charge in [-0.3, -0.25) is 5.32 Å². The van der Waals surface area contributed by atoms with Gasteiger partial charge in [0, 0.05) is 5.75 Å². The highest BCUT2D eigenvalue weighted by molar-refractivity contribution is 7.99. The second-order valence-electron chi connectivity index (χ2n) is 4.92. The minimum atomic E-state index is -0.243. The number of rotatable bonds is 8. The molecule has 1 saturated carbocycles. The largest absolute Gasteiger partial charge is 0.299 e. The normalized spacial score (nSPS) is 21.1. The number of nitrogens with zero attached hydrogens (tertiary/aromatic N) is 1. The smallest absolute Gasteiger partial charge is 0.118 e. The van der Waals surface area contributed by atoms with Gasteiger partial charge < -0.3 is 0 Å². The first-order chi connectivity index (χ1) is 7.68. The van der Waals surface area contributed by atoms with E-state index in [-0.39, 0.29) is 5.54 Å². The summed E-state index contributed by atoms with van der Waals surface area (Å²) >= 11 is 1.94. The lowest BCUT2D eigenvalue weighted by Crippen LogP contribution is -2.48. The van der Waals surface area contributed by atoms with E-state index in [4.69, 9.17) is 0 Å². The van der Waals surface area contributed by atoms with Crippen LogP contribution in [0.15, 0.2) is 0 Å². The van der Waals surface area contributed by atoms with Crippen molar-refractivity contribution >= 4 is 11.8 Å². The maximum Gasteiger partial charge on any atom is 0.118 e. The lowest BCUT2D eigenvalue weighted by Gasteiger charge is -2.27. The predicted octanol–water partition coefficient (Wildman–Crippen LogP) is 3.05. The molecule has 0 aromatic rings. The lowest BCUT2D eigenvalue weighted by molar-refractivity contribution is 0.415. The van der Waals surface area contributed by atoms with Crippen LogP contribution in [0.2, 0.25) is 0 Å². The number of nitriles is 1. The summed E-state index contributed by atoms with van der Waals surface area (Å²) < 4.78 is 0. The third-order valence-corrected chi connectivity index (χ3v) is 4.86. The fourth-order valence-corrected chi connectivity index (χ4v) is 3.39. The molecule has 0 amide bonds. The highest BCUT2D eigenvalue weighted by atomic mass is 32.2. The van der Waals surface area contributed by atoms with Gasteiger partial charge in [0.05, 0.1) is 6.07 Å². The Hall–Kier alpha value is -0.200. The highest BCUT2D eigenvalue weighted by Crippen LogP contribution is 2.41. The predicted molar refractivity (Wildman–Crippen MR) is 71.5 cm³/mol. The van der Waals surface area contributed by atoms with E-state index < -0.39 is 0 Å². The van der Waals surface area contributed by atoms with Crippen molar-refractivity contribution in [2.24, 2.45) is 11.8 Å². The van der Waals surface area contributed by atoms with Gasteiger partial charge in [-0.2, -0.15) is 17.0 Å². The number of hydrogen-bond acceptors (Lipinski definition) is 3. The Morgan fingerprint density at radius 3 is 2.62 bits per heavy atom. The topological polar surface area (TPSA) is 35.8 Å². The average Bonchev–Trinajstić information content (AvgIpc) is 3.11. The van der Waals surface area contributed by atoms with Crippen molar-refractivity contribution in [2.75, 3.05) is 18.1 Å². The Bertz CT molecular complexity index is 245. The van der Waals surface area contributed by atoms with E-state index in [0.717, 1.165) is 18.2 Å². The maximum absolute atomic E-state index is 9.41. The summed E-state index contributed by atoms with van der Waals surface area (Å²) in [6, 6.07) is 2.54. The molecule has 0 aliphatic heterocycles. The molecule has 0 radical (unpaired) electrons. The first-order valence-corrected chi connectivity index (χ1v) is 7.58. The summed E-state index contributed by atoms with van der Waals surface area (Å²) in [4.78, 5) is 0. The third kappa shape index (κ3) is 3.68. The van der Waals surface area contributed by atoms with Crippen LogP contribution in [0.3, 0.4) is 0 Å². The van der Waals surface area contributed by atoms with Crippen LogP contribution >= 0.6 is 11.8 Å². The summed E-state index contributed by atoms with van der Waals surface area (Å²) in [6.45, 7) is 7.50. The molecule has 2 atom stereocenters. The van der Waals surface area contributed by atoms with E-state index in [1.54, 1.807) is 0 Å². The summed E-state index contributed by atoms with van der Waals surface area (Å²) in [7, 11) is 0. The zero-order valence-electron chi connectivity index (χ0n) is 10.8. The quantitative estimate of drug-likeness (QED) is 0.708. The lowest BCUT2D eigenvalue weighted by atomic mass is 9.98. The maximum atomic E-state index is 9.41. The standard InChI is InChI=1S/C13H24N2S/c1-4-11(3)8-16-10-13(9-14,15-5-2)12-6-7-12/h11-12,15H,4-8,10H2,1-3H3. The molecule has 1 aliphatic carbocycles. The Labute approximate surface area is 104 Å². The number of thioether (sulfide) groups is 1. The average molecular weight is 240 g/mol. The SMILES string of the molecule is CCNC(C#N)(CSCC(C)CC)C1CC1. The first-order valence-electron chi connectivity index (χ1n) is 6.42. The van der Waals surface area contributed by atoms with Gasteiger partial charge in [0.15, 0.2) is 0 Å². The van der Waals surface area contributed by atoms with Crippen molar-refractivity contribution in [2.45, 2.75) is 45.6 Å². The molecule has 2 nitrogen and oxygen atoms in total. The molecule has 16 heavy (non-hydrogen) atoms. The van der Waals surface area contributed by atoms with Gasteiger partial charge in [0.25, 0.3) is 0 Å². The molecule has 0 spiro atoms. The van der Waals surface area contributed by atoms with Gasteiger partial charge in [-0.15, -0.1) is 0 Å². The van der Waals surface area contributed by atoms with Gasteiger partial charge in [-0.25, -0.2) is 0 Å². The summed E-state index contributed by atoms with van der Waals surface area (Å²) in [5.41, 5.74) is -0.243. The van der Waals surface area contributed by atoms with Crippen LogP contribution in [0.1, 0.15) is 40.0 Å². The van der Waals surface area contributed by atoms with Crippen LogP contribution in [-0.4, -0.2) is 23.6 Å². The zero-order chi connectivity index (χ0) is 12.0. The molecule has 1 fully saturated rings. The van der Waals surface area contributed by atoms with Crippen LogP contribution in [0.5, 0.6) is 0 Å². The second kappa shape index (κ2) is 6.51. The molecular weight excluding hydrogens is 216 g/mol. The minimum Gasteiger partial charge on any atom is -0.299 e. The highest BCUT2D eigenvalue weighted by Gasteiger charge is 2.44. The van der Waals surface area contributed by atoms with E-state index in [2.05, 4.69) is 32.2 Å². The van der Waals surface area contributed by atoms with E-state index in [1.807, 2.05) is 11.8 Å². The van der Waals surface area contributed by atoms with Crippen LogP contribution in [-0.2, 0) is 0 Å².